The number of methoxy groups -OCH3 is 1. The molecule has 0 fully saturated rings. The van der Waals surface area contributed by atoms with Crippen molar-refractivity contribution in [2.75, 3.05) is 19.0 Å². The minimum atomic E-state index is -0.824. The van der Waals surface area contributed by atoms with Crippen LogP contribution in [-0.2, 0) is 9.53 Å². The maximum atomic E-state index is 13.1. The Morgan fingerprint density at radius 1 is 0.968 bits per heavy atom. The number of ketones is 1. The molecule has 7 heteroatoms. The maximum Gasteiger partial charge on any atom is 0.340 e. The van der Waals surface area contributed by atoms with Gasteiger partial charge in [0.1, 0.15) is 11.4 Å². The van der Waals surface area contributed by atoms with Crippen LogP contribution in [0.15, 0.2) is 48.5 Å². The summed E-state index contributed by atoms with van der Waals surface area (Å²) < 4.78 is 10.3. The molecule has 160 valence electrons. The van der Waals surface area contributed by atoms with Gasteiger partial charge < -0.3 is 19.8 Å². The fourth-order valence-corrected chi connectivity index (χ4v) is 3.24. The summed E-state index contributed by atoms with van der Waals surface area (Å²) in [5.41, 5.74) is 3.20. The van der Waals surface area contributed by atoms with Gasteiger partial charge in [-0.3, -0.25) is 9.59 Å². The van der Waals surface area contributed by atoms with Crippen molar-refractivity contribution >= 4 is 23.3 Å². The first-order valence-electron chi connectivity index (χ1n) is 9.82. The molecule has 7 nitrogen and oxygen atoms in total. The summed E-state index contributed by atoms with van der Waals surface area (Å²) in [6.07, 6.45) is 0. The summed E-state index contributed by atoms with van der Waals surface area (Å²) in [6, 6.07) is 14.0. The molecular weight excluding hydrogens is 396 g/mol. The normalized spacial score (nSPS) is 10.5. The van der Waals surface area contributed by atoms with E-state index in [4.69, 9.17) is 9.47 Å². The third kappa shape index (κ3) is 4.66. The molecule has 0 saturated carbocycles. The number of nitrogens with one attached hydrogen (secondary N) is 2. The summed E-state index contributed by atoms with van der Waals surface area (Å²) in [4.78, 5) is 41.3. The Bertz CT molecular complexity index is 1110. The molecule has 0 aliphatic heterocycles. The Morgan fingerprint density at radius 2 is 1.61 bits per heavy atom. The average molecular weight is 420 g/mol. The second-order valence-electron chi connectivity index (χ2n) is 6.97. The van der Waals surface area contributed by atoms with Crippen LogP contribution in [0.1, 0.15) is 39.0 Å². The number of hydrogen-bond donors (Lipinski definition) is 2. The minimum absolute atomic E-state index is 0.0374. The van der Waals surface area contributed by atoms with E-state index in [0.717, 1.165) is 5.56 Å². The van der Waals surface area contributed by atoms with Crippen molar-refractivity contribution in [1.82, 2.24) is 4.98 Å². The largest absolute Gasteiger partial charge is 0.497 e. The highest BCUT2D eigenvalue weighted by Gasteiger charge is 2.29. The van der Waals surface area contributed by atoms with Crippen LogP contribution >= 0.6 is 0 Å². The van der Waals surface area contributed by atoms with Gasteiger partial charge in [0, 0.05) is 16.9 Å². The first kappa shape index (κ1) is 21.8. The van der Waals surface area contributed by atoms with Crippen molar-refractivity contribution in [1.29, 1.82) is 0 Å². The summed E-state index contributed by atoms with van der Waals surface area (Å²) in [7, 11) is 1.54. The Hall–Kier alpha value is -3.87. The number of aryl methyl sites for hydroxylation is 2. The Balaban J connectivity index is 2.01. The van der Waals surface area contributed by atoms with Crippen LogP contribution in [0.3, 0.4) is 0 Å². The highest BCUT2D eigenvalue weighted by molar-refractivity contribution is 6.47. The lowest BCUT2D eigenvalue weighted by Gasteiger charge is -2.09. The third-order valence-electron chi connectivity index (χ3n) is 4.79. The van der Waals surface area contributed by atoms with E-state index in [1.807, 2.05) is 19.1 Å². The van der Waals surface area contributed by atoms with Gasteiger partial charge in [-0.2, -0.15) is 0 Å². The molecule has 0 unspecified atom stereocenters. The van der Waals surface area contributed by atoms with E-state index in [-0.39, 0.29) is 17.9 Å². The predicted octanol–water partition coefficient (Wildman–Crippen LogP) is 4.31. The molecule has 1 heterocycles. The monoisotopic (exact) mass is 420 g/mol. The van der Waals surface area contributed by atoms with Crippen molar-refractivity contribution in [3.8, 4) is 16.9 Å². The standard InChI is InChI=1S/C24H24N2O5/c1-5-31-24(29)19-15(3)25-21(20(19)16-8-6-14(2)7-9-16)22(27)23(28)26-17-10-12-18(30-4)13-11-17/h6-13,25H,5H2,1-4H3,(H,26,28). The highest BCUT2D eigenvalue weighted by atomic mass is 16.5. The molecule has 1 aromatic heterocycles. The molecule has 2 N–H and O–H groups in total. The fraction of sp³-hybridized carbons (Fsp3) is 0.208. The van der Waals surface area contributed by atoms with Crippen LogP contribution in [0.25, 0.3) is 11.1 Å². The second kappa shape index (κ2) is 9.30. The van der Waals surface area contributed by atoms with Crippen molar-refractivity contribution in [3.05, 3.63) is 71.0 Å². The van der Waals surface area contributed by atoms with Gasteiger partial charge in [-0.1, -0.05) is 29.8 Å². The Kier molecular flexibility index (Phi) is 6.55. The molecule has 31 heavy (non-hydrogen) atoms. The van der Waals surface area contributed by atoms with Crippen molar-refractivity contribution in [2.24, 2.45) is 0 Å². The topological polar surface area (TPSA) is 97.5 Å². The Labute approximate surface area is 180 Å². The van der Waals surface area contributed by atoms with E-state index in [9.17, 15) is 14.4 Å². The first-order chi connectivity index (χ1) is 14.8. The molecule has 2 aromatic carbocycles. The number of H-pyrrole nitrogens is 1. The zero-order valence-corrected chi connectivity index (χ0v) is 17.9. The number of ether oxygens (including phenoxy) is 2. The van der Waals surface area contributed by atoms with E-state index in [0.29, 0.717) is 28.3 Å². The molecule has 3 aromatic rings. The van der Waals surface area contributed by atoms with E-state index in [2.05, 4.69) is 10.3 Å². The van der Waals surface area contributed by atoms with Crippen LogP contribution < -0.4 is 10.1 Å². The Morgan fingerprint density at radius 3 is 2.19 bits per heavy atom. The summed E-state index contributed by atoms with van der Waals surface area (Å²) in [5, 5.41) is 2.58. The van der Waals surface area contributed by atoms with Gasteiger partial charge in [-0.25, -0.2) is 4.79 Å². The lowest BCUT2D eigenvalue weighted by Crippen LogP contribution is -2.23. The smallest absolute Gasteiger partial charge is 0.340 e. The number of Topliss-reactive ketones (excluding diaryl/α,β-unsaturated/α-hetero) is 1. The van der Waals surface area contributed by atoms with Gasteiger partial charge >= 0.3 is 5.97 Å². The van der Waals surface area contributed by atoms with Gasteiger partial charge in [0.15, 0.2) is 0 Å². The zero-order chi connectivity index (χ0) is 22.5. The predicted molar refractivity (Wildman–Crippen MR) is 118 cm³/mol. The van der Waals surface area contributed by atoms with Gasteiger partial charge in [0.2, 0.25) is 0 Å². The third-order valence-corrected chi connectivity index (χ3v) is 4.79. The minimum Gasteiger partial charge on any atom is -0.497 e. The second-order valence-corrected chi connectivity index (χ2v) is 6.97. The van der Waals surface area contributed by atoms with Crippen LogP contribution in [0.5, 0.6) is 5.75 Å². The van der Waals surface area contributed by atoms with Gasteiger partial charge in [0.25, 0.3) is 11.7 Å². The molecule has 0 aliphatic carbocycles. The summed E-state index contributed by atoms with van der Waals surface area (Å²) >= 11 is 0. The van der Waals surface area contributed by atoms with Crippen molar-refractivity contribution < 1.29 is 23.9 Å². The number of anilines is 1. The van der Waals surface area contributed by atoms with Crippen LogP contribution in [0.2, 0.25) is 0 Å². The molecule has 0 aliphatic rings. The van der Waals surface area contributed by atoms with Gasteiger partial charge in [-0.15, -0.1) is 0 Å². The van der Waals surface area contributed by atoms with Crippen LogP contribution in [-0.4, -0.2) is 36.4 Å². The SMILES string of the molecule is CCOC(=O)c1c(C)[nH]c(C(=O)C(=O)Nc2ccc(OC)cc2)c1-c1ccc(C)cc1. The quantitative estimate of drug-likeness (QED) is 0.337. The molecule has 1 amide bonds. The molecule has 0 atom stereocenters. The molecular formula is C24H24N2O5. The molecule has 0 saturated heterocycles. The van der Waals surface area contributed by atoms with Crippen LogP contribution in [0.4, 0.5) is 5.69 Å². The number of rotatable bonds is 7. The zero-order valence-electron chi connectivity index (χ0n) is 17.9. The van der Waals surface area contributed by atoms with E-state index < -0.39 is 17.7 Å². The van der Waals surface area contributed by atoms with Crippen molar-refractivity contribution in [3.63, 3.8) is 0 Å². The van der Waals surface area contributed by atoms with Crippen LogP contribution in [0, 0.1) is 13.8 Å². The lowest BCUT2D eigenvalue weighted by molar-refractivity contribution is -0.112. The van der Waals surface area contributed by atoms with Gasteiger partial charge in [-0.05, 0) is 50.6 Å². The number of esters is 1. The maximum absolute atomic E-state index is 13.1. The number of hydrogen-bond acceptors (Lipinski definition) is 5. The lowest BCUT2D eigenvalue weighted by atomic mass is 9.97. The number of benzene rings is 2. The fourth-order valence-electron chi connectivity index (χ4n) is 3.24. The number of aromatic amines is 1. The molecule has 0 spiro atoms. The van der Waals surface area contributed by atoms with Gasteiger partial charge in [0.05, 0.1) is 19.3 Å². The number of aromatic nitrogens is 1. The highest BCUT2D eigenvalue weighted by Crippen LogP contribution is 2.32. The van der Waals surface area contributed by atoms with E-state index in [1.165, 1.54) is 0 Å². The first-order valence-corrected chi connectivity index (χ1v) is 9.82. The number of amides is 1. The molecule has 0 bridgehead atoms. The molecule has 0 radical (unpaired) electrons. The number of carbonyl (C=O) groups is 3. The van der Waals surface area contributed by atoms with Crippen molar-refractivity contribution in [2.45, 2.75) is 20.8 Å². The average Bonchev–Trinajstić information content (AvgIpc) is 3.11. The molecule has 3 rings (SSSR count). The van der Waals surface area contributed by atoms with E-state index in [1.54, 1.807) is 57.4 Å². The van der Waals surface area contributed by atoms with E-state index >= 15 is 0 Å². The summed E-state index contributed by atoms with van der Waals surface area (Å²) in [5.74, 6) is -1.54. The summed E-state index contributed by atoms with van der Waals surface area (Å²) in [6.45, 7) is 5.51. The number of carbonyl (C=O) groups excluding carboxylic acids is 3.